The average molecular weight is 992 g/mol. The van der Waals surface area contributed by atoms with Crippen molar-refractivity contribution in [1.82, 2.24) is 9.55 Å². The molecule has 1 fully saturated rings. The molecule has 0 radical (unpaired) electrons. The van der Waals surface area contributed by atoms with Crippen molar-refractivity contribution in [2.45, 2.75) is 212 Å². The first-order valence-electron chi connectivity index (χ1n) is 24.7. The van der Waals surface area contributed by atoms with Gasteiger partial charge in [-0.1, -0.05) is 154 Å². The van der Waals surface area contributed by atoms with E-state index in [4.69, 9.17) is 29.0 Å². The van der Waals surface area contributed by atoms with Crippen LogP contribution in [-0.2, 0) is 46.3 Å². The summed E-state index contributed by atoms with van der Waals surface area (Å²) in [6, 6.07) is 1.25. The van der Waals surface area contributed by atoms with Gasteiger partial charge in [0.25, 0.3) is 0 Å². The Hall–Kier alpha value is -2.76. The number of anilines is 1. The predicted octanol–water partition coefficient (Wildman–Crippen LogP) is 9.69. The van der Waals surface area contributed by atoms with Gasteiger partial charge in [0.1, 0.15) is 30.7 Å². The number of nitrogens with two attached hydrogens (primary N) is 1. The highest BCUT2D eigenvalue weighted by Gasteiger charge is 2.46. The Kier molecular flexibility index (Phi) is 31.9. The zero-order valence-electron chi connectivity index (χ0n) is 40.4. The molecule has 2 heterocycles. The summed E-state index contributed by atoms with van der Waals surface area (Å²) in [7, 11) is -10.8. The van der Waals surface area contributed by atoms with Gasteiger partial charge in [0.15, 0.2) is 12.3 Å². The zero-order valence-corrected chi connectivity index (χ0v) is 42.2. The van der Waals surface area contributed by atoms with Crippen molar-refractivity contribution in [2.24, 2.45) is 5.92 Å². The molecule has 0 amide bonds. The Bertz CT molecular complexity index is 1730. The first-order valence-corrected chi connectivity index (χ1v) is 27.7. The van der Waals surface area contributed by atoms with Crippen LogP contribution in [0, 0.1) is 5.92 Å². The molecular formula is C47H83N3O15P2. The van der Waals surface area contributed by atoms with Crippen LogP contribution < -0.4 is 11.4 Å². The van der Waals surface area contributed by atoms with Crippen molar-refractivity contribution in [3.63, 3.8) is 0 Å². The van der Waals surface area contributed by atoms with E-state index in [2.05, 4.69) is 54.4 Å². The number of unbranched alkanes of at least 4 members (excludes halogenated alkanes) is 19. The van der Waals surface area contributed by atoms with Crippen LogP contribution in [-0.4, -0.2) is 85.7 Å². The molecule has 0 aliphatic carbocycles. The lowest BCUT2D eigenvalue weighted by molar-refractivity contribution is -0.161. The second kappa shape index (κ2) is 35.4. The van der Waals surface area contributed by atoms with Crippen LogP contribution in [0.3, 0.4) is 0 Å². The normalized spacial score (nSPS) is 19.8. The highest BCUT2D eigenvalue weighted by atomic mass is 31.3. The number of hydrogen-bond donors (Lipinski definition) is 5. The van der Waals surface area contributed by atoms with Crippen molar-refractivity contribution in [3.8, 4) is 0 Å². The molecular weight excluding hydrogens is 908 g/mol. The summed E-state index contributed by atoms with van der Waals surface area (Å²) in [6.45, 7) is 4.41. The molecule has 0 spiro atoms. The van der Waals surface area contributed by atoms with Gasteiger partial charge in [0.2, 0.25) is 0 Å². The van der Waals surface area contributed by atoms with Gasteiger partial charge in [0, 0.05) is 19.0 Å². The van der Waals surface area contributed by atoms with Crippen molar-refractivity contribution < 1.29 is 66.3 Å². The van der Waals surface area contributed by atoms with Gasteiger partial charge >= 0.3 is 33.3 Å². The molecule has 67 heavy (non-hydrogen) atoms. The topological polar surface area (TPSA) is 265 Å². The number of rotatable bonds is 40. The molecule has 7 atom stereocenters. The molecule has 18 nitrogen and oxygen atoms in total. The molecule has 1 aromatic heterocycles. The third-order valence-corrected chi connectivity index (χ3v) is 13.8. The van der Waals surface area contributed by atoms with Crippen molar-refractivity contribution in [2.75, 3.05) is 25.6 Å². The molecule has 6 N–H and O–H groups in total. The number of nitrogen functional groups attached to an aromatic ring is 1. The number of hydrogen-bond acceptors (Lipinski definition) is 15. The van der Waals surface area contributed by atoms with Crippen LogP contribution in [0.4, 0.5) is 5.82 Å². The lowest BCUT2D eigenvalue weighted by Gasteiger charge is -2.21. The van der Waals surface area contributed by atoms with E-state index < -0.39 is 83.7 Å². The summed E-state index contributed by atoms with van der Waals surface area (Å²) in [5.74, 6) is -0.547. The van der Waals surface area contributed by atoms with Gasteiger partial charge in [-0.3, -0.25) is 23.2 Å². The third-order valence-electron chi connectivity index (χ3n) is 11.2. The number of aromatic nitrogens is 2. The highest BCUT2D eigenvalue weighted by molar-refractivity contribution is 7.61. The van der Waals surface area contributed by atoms with E-state index in [1.54, 1.807) is 0 Å². The number of allylic oxidation sites excluding steroid dienone is 4. The largest absolute Gasteiger partial charge is 0.481 e. The number of carbonyl (C=O) groups excluding carboxylic acids is 2. The minimum atomic E-state index is -5.42. The fraction of sp³-hybridized carbons (Fsp3) is 0.787. The molecule has 3 unspecified atom stereocenters. The number of esters is 2. The first-order chi connectivity index (χ1) is 32.0. The van der Waals surface area contributed by atoms with Crippen LogP contribution >= 0.6 is 15.6 Å². The van der Waals surface area contributed by atoms with Gasteiger partial charge in [-0.2, -0.15) is 9.29 Å². The fourth-order valence-electron chi connectivity index (χ4n) is 7.37. The van der Waals surface area contributed by atoms with Gasteiger partial charge in [-0.15, -0.1) is 0 Å². The summed E-state index contributed by atoms with van der Waals surface area (Å²) in [6.07, 6.45) is 27.0. The van der Waals surface area contributed by atoms with E-state index in [1.165, 1.54) is 76.7 Å². The van der Waals surface area contributed by atoms with E-state index in [-0.39, 0.29) is 18.7 Å². The van der Waals surface area contributed by atoms with Crippen LogP contribution in [0.2, 0.25) is 0 Å². The van der Waals surface area contributed by atoms with Crippen molar-refractivity contribution in [1.29, 1.82) is 0 Å². The van der Waals surface area contributed by atoms with Crippen LogP contribution in [0.15, 0.2) is 41.4 Å². The number of nitrogens with zero attached hydrogens (tertiary/aromatic N) is 2. The maximum Gasteiger partial charge on any atom is 0.481 e. The van der Waals surface area contributed by atoms with Gasteiger partial charge < -0.3 is 39.9 Å². The molecule has 1 saturated heterocycles. The molecule has 0 aromatic carbocycles. The third kappa shape index (κ3) is 29.1. The maximum absolute atomic E-state index is 12.8. The Morgan fingerprint density at radius 3 is 1.85 bits per heavy atom. The first kappa shape index (κ1) is 60.4. The van der Waals surface area contributed by atoms with Gasteiger partial charge in [-0.05, 0) is 50.5 Å². The Balaban J connectivity index is 1.82. The number of ether oxygens (including phenoxy) is 3. The molecule has 0 saturated carbocycles. The van der Waals surface area contributed by atoms with Crippen LogP contribution in [0.1, 0.15) is 188 Å². The Morgan fingerprint density at radius 2 is 1.28 bits per heavy atom. The minimum absolute atomic E-state index is 0.0491. The summed E-state index contributed by atoms with van der Waals surface area (Å²) in [5, 5.41) is 20.9. The molecule has 20 heteroatoms. The molecule has 1 aromatic rings. The SMILES string of the molecule is CCCCCC/C=C\C=C/CCCCCCCC(=O)OC[C@H](COP(=O)(O)OP(=O)(O)OC[C@H]1O[C@@H](n2ccc(N)nc2=O)C(O)[C@H]1O)OC(=O)CCCCCCCCCCCCCC(C)C. The van der Waals surface area contributed by atoms with Gasteiger partial charge in [0.05, 0.1) is 13.2 Å². The molecule has 1 aliphatic heterocycles. The van der Waals surface area contributed by atoms with E-state index in [0.29, 0.717) is 12.8 Å². The quantitative estimate of drug-likeness (QED) is 0.0177. The Morgan fingerprint density at radius 1 is 0.761 bits per heavy atom. The maximum atomic E-state index is 12.8. The van der Waals surface area contributed by atoms with E-state index >= 15 is 0 Å². The summed E-state index contributed by atoms with van der Waals surface area (Å²) in [4.78, 5) is 61.8. The number of aliphatic hydroxyl groups is 2. The van der Waals surface area contributed by atoms with Gasteiger partial charge in [-0.25, -0.2) is 13.9 Å². The van der Waals surface area contributed by atoms with Crippen molar-refractivity contribution >= 4 is 33.4 Å². The molecule has 2 rings (SSSR count). The monoisotopic (exact) mass is 992 g/mol. The van der Waals surface area contributed by atoms with E-state index in [9.17, 15) is 43.5 Å². The lowest BCUT2D eigenvalue weighted by Crippen LogP contribution is -2.36. The van der Waals surface area contributed by atoms with Crippen LogP contribution in [0.5, 0.6) is 0 Å². The predicted molar refractivity (Wildman–Crippen MR) is 257 cm³/mol. The average Bonchev–Trinajstić information content (AvgIpc) is 3.55. The second-order valence-electron chi connectivity index (χ2n) is 17.8. The summed E-state index contributed by atoms with van der Waals surface area (Å²) < 4.78 is 56.7. The number of aliphatic hydroxyl groups excluding tert-OH is 2. The minimum Gasteiger partial charge on any atom is -0.462 e. The van der Waals surface area contributed by atoms with E-state index in [0.717, 1.165) is 80.9 Å². The molecule has 0 bridgehead atoms. The standard InChI is InChI=1S/C47H83N3O15P2/c1-4-5-6-7-8-9-10-11-12-13-16-19-22-25-28-31-42(51)60-35-39(63-43(52)32-29-26-23-20-17-14-15-18-21-24-27-30-38(2)3)36-61-66(56,57)65-67(58,59)62-37-40-44(53)45(54)46(64-40)50-34-33-41(48)49-47(50)55/h9-12,33-34,38-40,44-46,53-54H,4-8,13-32,35-37H2,1-3H3,(H,56,57)(H,58,59)(H2,48,49,55)/b10-9-,12-11-/t39-,40-,44+,45?,46-/m1/s1. The fourth-order valence-corrected chi connectivity index (χ4v) is 9.48. The summed E-state index contributed by atoms with van der Waals surface area (Å²) in [5.41, 5.74) is 4.59. The smallest absolute Gasteiger partial charge is 0.462 e. The number of carbonyl (C=O) groups is 2. The number of phosphoric ester groups is 2. The molecule has 1 aliphatic rings. The van der Waals surface area contributed by atoms with E-state index in [1.807, 2.05) is 0 Å². The lowest BCUT2D eigenvalue weighted by atomic mass is 10.0. The Labute approximate surface area is 398 Å². The second-order valence-corrected chi connectivity index (χ2v) is 20.9. The van der Waals surface area contributed by atoms with Crippen molar-refractivity contribution in [3.05, 3.63) is 47.1 Å². The zero-order chi connectivity index (χ0) is 49.3. The number of phosphoric acid groups is 2. The van der Waals surface area contributed by atoms with Crippen LogP contribution in [0.25, 0.3) is 0 Å². The summed E-state index contributed by atoms with van der Waals surface area (Å²) >= 11 is 0. The highest BCUT2D eigenvalue weighted by Crippen LogP contribution is 2.60. The molecule has 386 valence electrons.